The number of anilines is 1. The third-order valence-corrected chi connectivity index (χ3v) is 6.20. The van der Waals surface area contributed by atoms with Crippen molar-refractivity contribution in [2.45, 2.75) is 19.3 Å². The highest BCUT2D eigenvalue weighted by Gasteiger charge is 2.44. The third kappa shape index (κ3) is 2.70. The molecule has 1 saturated heterocycles. The average molecular weight is 422 g/mol. The number of rotatable bonds is 3. The zero-order valence-corrected chi connectivity index (χ0v) is 16.6. The number of halogens is 1. The predicted octanol–water partition coefficient (Wildman–Crippen LogP) is 3.27. The number of aromatic nitrogens is 3. The van der Waals surface area contributed by atoms with E-state index in [1.54, 1.807) is 13.0 Å². The Hall–Kier alpha value is -3.59. The Morgan fingerprint density at radius 2 is 1.83 bits per heavy atom. The van der Waals surface area contributed by atoms with E-state index in [9.17, 15) is 18.8 Å². The zero-order valence-electron chi connectivity index (χ0n) is 15.8. The molecule has 2 amide bonds. The number of aromatic amines is 1. The van der Waals surface area contributed by atoms with Gasteiger partial charge in [-0.25, -0.2) is 14.3 Å². The van der Waals surface area contributed by atoms with Crippen LogP contribution in [0.4, 0.5) is 10.1 Å². The number of thiazole rings is 1. The first-order valence-electron chi connectivity index (χ1n) is 9.24. The second-order valence-corrected chi connectivity index (χ2v) is 8.04. The van der Waals surface area contributed by atoms with Crippen LogP contribution in [-0.2, 0) is 9.59 Å². The van der Waals surface area contributed by atoms with E-state index in [0.717, 1.165) is 15.1 Å². The van der Waals surface area contributed by atoms with Crippen molar-refractivity contribution < 1.29 is 14.0 Å². The number of para-hydroxylation sites is 2. The second kappa shape index (κ2) is 6.74. The summed E-state index contributed by atoms with van der Waals surface area (Å²) in [6.07, 6.45) is -0.194. The molecule has 0 spiro atoms. The minimum atomic E-state index is -0.975. The molecule has 3 heterocycles. The molecule has 0 saturated carbocycles. The first-order valence-corrected chi connectivity index (χ1v) is 10.1. The third-order valence-electron chi connectivity index (χ3n) is 5.18. The molecule has 150 valence electrons. The maximum absolute atomic E-state index is 14.2. The number of benzene rings is 2. The van der Waals surface area contributed by atoms with E-state index in [2.05, 4.69) is 10.1 Å². The predicted molar refractivity (Wildman–Crippen MR) is 111 cm³/mol. The Morgan fingerprint density at radius 1 is 1.10 bits per heavy atom. The largest absolute Gasteiger partial charge is 0.293 e. The Bertz CT molecular complexity index is 1350. The van der Waals surface area contributed by atoms with Gasteiger partial charge >= 0.3 is 0 Å². The molecular weight excluding hydrogens is 407 g/mol. The maximum atomic E-state index is 14.2. The summed E-state index contributed by atoms with van der Waals surface area (Å²) in [4.78, 5) is 44.0. The van der Waals surface area contributed by atoms with Crippen LogP contribution in [0.15, 0.2) is 53.3 Å². The molecule has 1 fully saturated rings. The van der Waals surface area contributed by atoms with Crippen LogP contribution >= 0.6 is 11.3 Å². The number of imide groups is 1. The van der Waals surface area contributed by atoms with Gasteiger partial charge in [-0.3, -0.25) is 19.5 Å². The fraction of sp³-hybridized carbons (Fsp3) is 0.143. The average Bonchev–Trinajstić information content (AvgIpc) is 3.36. The van der Waals surface area contributed by atoms with E-state index in [4.69, 9.17) is 0 Å². The molecule has 7 nitrogen and oxygen atoms in total. The van der Waals surface area contributed by atoms with E-state index in [1.807, 2.05) is 24.3 Å². The summed E-state index contributed by atoms with van der Waals surface area (Å²) >= 11 is 1.34. The molecule has 1 atom stereocenters. The molecule has 0 bridgehead atoms. The molecule has 2 aromatic heterocycles. The van der Waals surface area contributed by atoms with Gasteiger partial charge in [0.1, 0.15) is 5.82 Å². The molecule has 4 aromatic rings. The quantitative estimate of drug-likeness (QED) is 0.514. The summed E-state index contributed by atoms with van der Waals surface area (Å²) < 4.78 is 16.4. The molecule has 0 aliphatic carbocycles. The number of hydrogen-bond acceptors (Lipinski definition) is 5. The standard InChI is InChI=1S/C21H15FN4O3S/c1-11-18(12-10-17(27)25(19(12)28)15-8-4-2-6-13(15)22)20(29)26(24-11)21-23-14-7-3-5-9-16(14)30-21/h2-9,12,24H,10H2,1H3/t12-/m1/s1. The summed E-state index contributed by atoms with van der Waals surface area (Å²) in [6, 6.07) is 13.1. The van der Waals surface area contributed by atoms with Crippen LogP contribution < -0.4 is 10.5 Å². The first-order chi connectivity index (χ1) is 14.5. The zero-order chi connectivity index (χ0) is 21.0. The van der Waals surface area contributed by atoms with Crippen LogP contribution in [0.1, 0.15) is 23.6 Å². The Labute approximate surface area is 173 Å². The van der Waals surface area contributed by atoms with Crippen LogP contribution in [0.2, 0.25) is 0 Å². The highest BCUT2D eigenvalue weighted by molar-refractivity contribution is 7.20. The van der Waals surface area contributed by atoms with Crippen molar-refractivity contribution in [1.82, 2.24) is 14.8 Å². The summed E-state index contributed by atoms with van der Waals surface area (Å²) in [5, 5.41) is 3.41. The summed E-state index contributed by atoms with van der Waals surface area (Å²) in [7, 11) is 0. The topological polar surface area (TPSA) is 88.1 Å². The molecule has 30 heavy (non-hydrogen) atoms. The summed E-state index contributed by atoms with van der Waals surface area (Å²) in [5.74, 6) is -2.80. The van der Waals surface area contributed by atoms with E-state index >= 15 is 0 Å². The summed E-state index contributed by atoms with van der Waals surface area (Å²) in [6.45, 7) is 1.67. The minimum absolute atomic E-state index is 0.102. The fourth-order valence-electron chi connectivity index (χ4n) is 3.80. The fourth-order valence-corrected chi connectivity index (χ4v) is 4.73. The number of aryl methyl sites for hydroxylation is 1. The van der Waals surface area contributed by atoms with Gasteiger partial charge in [-0.2, -0.15) is 4.68 Å². The lowest BCUT2D eigenvalue weighted by molar-refractivity contribution is -0.121. The summed E-state index contributed by atoms with van der Waals surface area (Å²) in [5.41, 5.74) is 0.895. The number of H-pyrrole nitrogens is 1. The Balaban J connectivity index is 1.57. The van der Waals surface area contributed by atoms with Crippen molar-refractivity contribution in [3.8, 4) is 5.13 Å². The van der Waals surface area contributed by atoms with Gasteiger partial charge in [0.05, 0.1) is 27.4 Å². The normalized spacial score (nSPS) is 16.7. The number of nitrogens with one attached hydrogen (secondary N) is 1. The van der Waals surface area contributed by atoms with E-state index in [0.29, 0.717) is 10.8 Å². The molecule has 1 aliphatic rings. The Kier molecular flexibility index (Phi) is 4.14. The van der Waals surface area contributed by atoms with E-state index < -0.39 is 29.1 Å². The molecule has 5 rings (SSSR count). The van der Waals surface area contributed by atoms with Crippen LogP contribution in [0.25, 0.3) is 15.3 Å². The maximum Gasteiger partial charge on any atom is 0.277 e. The lowest BCUT2D eigenvalue weighted by atomic mass is 9.98. The molecule has 9 heteroatoms. The van der Waals surface area contributed by atoms with Crippen LogP contribution in [0, 0.1) is 12.7 Å². The SMILES string of the molecule is Cc1[nH]n(-c2nc3ccccc3s2)c(=O)c1[C@H]1CC(=O)N(c2ccccc2F)C1=O. The van der Waals surface area contributed by atoms with Gasteiger partial charge in [0, 0.05) is 12.1 Å². The van der Waals surface area contributed by atoms with Gasteiger partial charge in [0.25, 0.3) is 5.56 Å². The van der Waals surface area contributed by atoms with Gasteiger partial charge in [-0.05, 0) is 31.2 Å². The number of fused-ring (bicyclic) bond motifs is 1. The number of carbonyl (C=O) groups excluding carboxylic acids is 2. The molecular formula is C21H15FN4O3S. The van der Waals surface area contributed by atoms with Crippen molar-refractivity contribution in [1.29, 1.82) is 0 Å². The second-order valence-electron chi connectivity index (χ2n) is 7.03. The van der Waals surface area contributed by atoms with Crippen molar-refractivity contribution >= 4 is 39.1 Å². The lowest BCUT2D eigenvalue weighted by Gasteiger charge is -2.15. The van der Waals surface area contributed by atoms with Gasteiger partial charge in [0.15, 0.2) is 0 Å². The molecule has 2 aromatic carbocycles. The molecule has 1 N–H and O–H groups in total. The van der Waals surface area contributed by atoms with Crippen LogP contribution in [0.5, 0.6) is 0 Å². The smallest absolute Gasteiger partial charge is 0.277 e. The molecule has 1 aliphatic heterocycles. The minimum Gasteiger partial charge on any atom is -0.293 e. The highest BCUT2D eigenvalue weighted by Crippen LogP contribution is 2.34. The lowest BCUT2D eigenvalue weighted by Crippen LogP contribution is -2.31. The number of amides is 2. The number of carbonyl (C=O) groups is 2. The first kappa shape index (κ1) is 18.4. The van der Waals surface area contributed by atoms with E-state index in [1.165, 1.54) is 34.2 Å². The van der Waals surface area contributed by atoms with Crippen molar-refractivity contribution in [2.75, 3.05) is 4.90 Å². The Morgan fingerprint density at radius 3 is 2.60 bits per heavy atom. The van der Waals surface area contributed by atoms with Crippen molar-refractivity contribution in [3.63, 3.8) is 0 Å². The molecule has 0 unspecified atom stereocenters. The van der Waals surface area contributed by atoms with Crippen LogP contribution in [-0.4, -0.2) is 26.6 Å². The van der Waals surface area contributed by atoms with Crippen molar-refractivity contribution in [2.24, 2.45) is 0 Å². The van der Waals surface area contributed by atoms with Crippen molar-refractivity contribution in [3.05, 3.63) is 76.0 Å². The van der Waals surface area contributed by atoms with Gasteiger partial charge in [0.2, 0.25) is 16.9 Å². The van der Waals surface area contributed by atoms with Gasteiger partial charge in [-0.1, -0.05) is 35.6 Å². The van der Waals surface area contributed by atoms with E-state index in [-0.39, 0.29) is 17.7 Å². The molecule has 0 radical (unpaired) electrons. The number of hydrogen-bond donors (Lipinski definition) is 1. The number of nitrogens with zero attached hydrogens (tertiary/aromatic N) is 3. The monoisotopic (exact) mass is 422 g/mol. The van der Waals surface area contributed by atoms with Gasteiger partial charge < -0.3 is 0 Å². The van der Waals surface area contributed by atoms with Gasteiger partial charge in [-0.15, -0.1) is 0 Å². The van der Waals surface area contributed by atoms with Crippen LogP contribution in [0.3, 0.4) is 0 Å². The highest BCUT2D eigenvalue weighted by atomic mass is 32.1.